The zero-order chi connectivity index (χ0) is 90.1. The summed E-state index contributed by atoms with van der Waals surface area (Å²) >= 11 is 9.53. The molecule has 0 spiro atoms. The van der Waals surface area contributed by atoms with Crippen LogP contribution in [0.1, 0.15) is 45.7 Å². The van der Waals surface area contributed by atoms with Gasteiger partial charge in [0.05, 0.1) is 117 Å². The Labute approximate surface area is 708 Å². The largest absolute Gasteiger partial charge is 2.00 e. The van der Waals surface area contributed by atoms with Crippen molar-refractivity contribution in [2.45, 2.75) is 47.7 Å². The molecule has 3 aliphatic rings. The van der Waals surface area contributed by atoms with Crippen molar-refractivity contribution < 1.29 is 172 Å². The fourth-order valence-electron chi connectivity index (χ4n) is 7.68. The van der Waals surface area contributed by atoms with Gasteiger partial charge in [-0.2, -0.15) is 5.26 Å². The number of alkyl halides is 2. The van der Waals surface area contributed by atoms with Crippen molar-refractivity contribution in [3.63, 3.8) is 0 Å². The molecule has 0 aliphatic carbocycles. The number of hydrogen-bond donors (Lipinski definition) is 2. The van der Waals surface area contributed by atoms with E-state index in [9.17, 15) is 101 Å². The fourth-order valence-corrected chi connectivity index (χ4v) is 7.68. The van der Waals surface area contributed by atoms with Crippen LogP contribution in [0.5, 0.6) is 23.0 Å². The van der Waals surface area contributed by atoms with Crippen LogP contribution in [0.15, 0.2) is 160 Å². The molecule has 3 aromatic rings. The fraction of sp³-hybridized carbons (Fsp3) is 0.478. The molecule has 0 bridgehead atoms. The van der Waals surface area contributed by atoms with E-state index in [0.717, 1.165) is 48.5 Å². The number of ether oxygens (including phenoxy) is 8. The van der Waals surface area contributed by atoms with Gasteiger partial charge in [0.25, 0.3) is 0 Å². The van der Waals surface area contributed by atoms with Gasteiger partial charge in [-0.05, 0) is 63.1 Å². The van der Waals surface area contributed by atoms with Gasteiger partial charge in [-0.15, -0.1) is 23.2 Å². The van der Waals surface area contributed by atoms with Crippen LogP contribution < -0.4 is 29.6 Å². The smallest absolute Gasteiger partial charge is 0.487 e. The average molecular weight is 1980 g/mol. The van der Waals surface area contributed by atoms with Crippen LogP contribution in [0.3, 0.4) is 0 Å². The minimum Gasteiger partial charge on any atom is -0.487 e. The molecule has 0 saturated heterocycles. The summed E-state index contributed by atoms with van der Waals surface area (Å²) in [5.74, 6) is 2.73. The van der Waals surface area contributed by atoms with Gasteiger partial charge in [0.2, 0.25) is 0 Å². The van der Waals surface area contributed by atoms with E-state index in [0.29, 0.717) is 168 Å². The number of benzene rings is 3. The third kappa shape index (κ3) is 102. The van der Waals surface area contributed by atoms with Crippen molar-refractivity contribution in [2.75, 3.05) is 163 Å². The molecule has 2 N–H and O–H groups in total. The summed E-state index contributed by atoms with van der Waals surface area (Å²) in [5, 5.41) is 14.3. The molecule has 0 unspecified atom stereocenters. The van der Waals surface area contributed by atoms with Gasteiger partial charge in [-0.1, -0.05) is 48.5 Å². The van der Waals surface area contributed by atoms with Crippen LogP contribution in [0.25, 0.3) is 0 Å². The van der Waals surface area contributed by atoms with E-state index in [1.807, 2.05) is 111 Å². The van der Waals surface area contributed by atoms with Gasteiger partial charge in [-0.3, -0.25) is 39.9 Å². The van der Waals surface area contributed by atoms with Gasteiger partial charge in [0.15, 0.2) is 23.0 Å². The SMILES string of the molecule is CC#N.CCN(C=C1C=NCCN=CC(=CNCc2ccc(CNC=C3C=NCCN=CC(=CN(CC)CC)C=NCCN=C3)cc2)C=NCCN=C1)CC.ClCCl.F[P-](F)(F)(F)(F)F.F[P-](F)(F)(F)(F)F.F[P-](F)(F)(F)(F)F.F[P-](F)(F)(F)(F)F.[Ni+2].[Ni+2].c1ccc2c(c1)OCCOCCOCCOc1ccccc1OCCOCCOCCO2. The summed E-state index contributed by atoms with van der Waals surface area (Å²) in [6.07, 6.45) is 23.0. The number of nitrogens with zero attached hydrogens (tertiary/aromatic N) is 11. The van der Waals surface area contributed by atoms with Gasteiger partial charge in [0.1, 0.15) is 26.4 Å². The molecule has 0 aromatic heterocycles. The quantitative estimate of drug-likeness (QED) is 0.0745. The van der Waals surface area contributed by atoms with E-state index in [1.54, 1.807) is 6.07 Å². The van der Waals surface area contributed by atoms with E-state index in [4.69, 9.17) is 66.4 Å². The molecule has 0 atom stereocenters. The number of halogens is 26. The number of hydrogen-bond acceptors (Lipinski definition) is 21. The van der Waals surface area contributed by atoms with Crippen molar-refractivity contribution in [3.8, 4) is 29.1 Å². The third-order valence-corrected chi connectivity index (χ3v) is 12.2. The first kappa shape index (κ1) is 120. The minimum atomic E-state index is -10.7. The molecule has 3 aromatic carbocycles. The topological polar surface area (TPSA) is 227 Å². The first-order chi connectivity index (χ1) is 54.2. The molecular weight excluding hydrogens is 1880 g/mol. The van der Waals surface area contributed by atoms with E-state index < -0.39 is 31.2 Å². The number of allylic oxidation sites excluding steroid dienone is 4. The van der Waals surface area contributed by atoms with Crippen LogP contribution in [-0.4, -0.2) is 223 Å². The van der Waals surface area contributed by atoms with Crippen LogP contribution in [0, 0.1) is 11.3 Å². The second-order valence-electron chi connectivity index (χ2n) is 22.7. The molecule has 53 heteroatoms. The summed E-state index contributed by atoms with van der Waals surface area (Å²) in [7, 11) is -42.6. The Bertz CT molecular complexity index is 3340. The Morgan fingerprint density at radius 2 is 0.508 bits per heavy atom. The molecule has 0 fully saturated rings. The Morgan fingerprint density at radius 1 is 0.342 bits per heavy atom. The van der Waals surface area contributed by atoms with Gasteiger partial charge < -0.3 is 58.3 Å². The Morgan fingerprint density at radius 3 is 0.683 bits per heavy atom. The normalized spacial score (nSPS) is 17.4. The van der Waals surface area contributed by atoms with E-state index in [1.165, 1.54) is 18.1 Å². The predicted octanol–water partition coefficient (Wildman–Crippen LogP) is 23.1. The second kappa shape index (κ2) is 54.8. The second-order valence-corrected chi connectivity index (χ2v) is 31.2. The van der Waals surface area contributed by atoms with Gasteiger partial charge >= 0.3 is 165 Å². The zero-order valence-corrected chi connectivity index (χ0v) is 71.9. The van der Waals surface area contributed by atoms with E-state index in [-0.39, 0.29) is 38.3 Å². The van der Waals surface area contributed by atoms with Crippen LogP contribution in [0.2, 0.25) is 0 Å². The summed E-state index contributed by atoms with van der Waals surface area (Å²) in [5.41, 5.74) is 6.15. The Kier molecular flexibility index (Phi) is 54.7. The van der Waals surface area contributed by atoms with Crippen molar-refractivity contribution in [1.29, 1.82) is 5.26 Å². The maximum atomic E-state index is 9.87. The third-order valence-electron chi connectivity index (χ3n) is 12.2. The van der Waals surface area contributed by atoms with Crippen molar-refractivity contribution in [3.05, 3.63) is 131 Å². The number of nitriles is 1. The Hall–Kier alpha value is -6.68. The summed E-state index contributed by atoms with van der Waals surface area (Å²) < 4.78 is 282. The predicted molar refractivity (Wildman–Crippen MR) is 425 cm³/mol. The molecule has 3 heterocycles. The molecule has 0 amide bonds. The molecule has 698 valence electrons. The van der Waals surface area contributed by atoms with Crippen molar-refractivity contribution in [1.82, 2.24) is 20.4 Å². The van der Waals surface area contributed by atoms with Crippen molar-refractivity contribution in [2.24, 2.45) is 39.9 Å². The monoisotopic (exact) mass is 1980 g/mol. The van der Waals surface area contributed by atoms with Crippen molar-refractivity contribution >= 4 is 104 Å². The van der Waals surface area contributed by atoms with E-state index >= 15 is 0 Å². The number of rotatable bonds is 12. The molecule has 120 heavy (non-hydrogen) atoms. The van der Waals surface area contributed by atoms with Gasteiger partial charge in [-0.25, -0.2) is 0 Å². The van der Waals surface area contributed by atoms with Crippen LogP contribution in [0.4, 0.5) is 101 Å². The van der Waals surface area contributed by atoms with Crippen LogP contribution >= 0.6 is 54.4 Å². The first-order valence-corrected chi connectivity index (χ1v) is 43.9. The molecule has 21 nitrogen and oxygen atoms in total. The summed E-state index contributed by atoms with van der Waals surface area (Å²) in [4.78, 5) is 40.9. The summed E-state index contributed by atoms with van der Waals surface area (Å²) in [6.45, 7) is 25.5. The van der Waals surface area contributed by atoms with Crippen LogP contribution in [-0.2, 0) is 65.0 Å². The number of fused-ring (bicyclic) bond motifs is 2. The first-order valence-electron chi connectivity index (χ1n) is 34.7. The maximum absolute atomic E-state index is 10.7. The number of para-hydroxylation sites is 4. The molecule has 3 aliphatic heterocycles. The molecule has 0 radical (unpaired) electrons. The molecule has 0 saturated carbocycles. The van der Waals surface area contributed by atoms with Gasteiger partial charge in [0, 0.05) is 143 Å². The maximum Gasteiger partial charge on any atom is 2.00 e. The number of aliphatic imine (C=N–C) groups is 8. The number of nitrogens with one attached hydrogen (secondary N) is 2. The summed E-state index contributed by atoms with van der Waals surface area (Å²) in [6, 6.07) is 25.4. The Balaban J connectivity index is -0.000000828. The minimum absolute atomic E-state index is 0. The zero-order valence-electron chi connectivity index (χ0n) is 64.9. The molecule has 6 rings (SSSR count). The van der Waals surface area contributed by atoms with E-state index in [2.05, 4.69) is 125 Å². The average Bonchev–Trinajstić information content (AvgIpc) is 0.806. The standard InChI is InChI=1S/C40H58N12.C24H32O8.C2H3N.CH2Cl2.4F6P.2Ni/c1-5-51(6-2)33-39-29-45-17-13-41-23-37(24-42-14-18-46-30-39)27-49-21-35-9-11-36(12-10-35)22-50-28-38-25-43-15-19-47-31-40(34-52(7-3)8-4)32-48-20-16-44-26-38;1-2-6-22-21(5-1)29-17-13-25-9-10-27-15-19-31-23-7-3-4-8-24(23)32-20-16-28-12-11-26-14-18-30-22;1-2-3;2-1-3;4*1-7(2,3,4,5)6;;/h9-12,23-34,49-50H,5-8,13-22H2,1-4H3;1-8H,9-20H2;1H3;1H2;;;;;;/q;;;;4*-1;2*+2. The molecular formula is C67H95Cl2F24N13Ni2O8P4.